The lowest BCUT2D eigenvalue weighted by Crippen LogP contribution is -2.48. The highest BCUT2D eigenvalue weighted by atomic mass is 16.7. The second-order valence-corrected chi connectivity index (χ2v) is 12.0. The summed E-state index contributed by atoms with van der Waals surface area (Å²) in [6.45, 7) is 5.76. The quantitative estimate of drug-likeness (QED) is 0.0629. The van der Waals surface area contributed by atoms with E-state index < -0.39 is 72.3 Å². The average Bonchev–Trinajstić information content (AvgIpc) is 3.81. The number of unbranched alkanes of at least 4 members (excludes halogenated alkanes) is 4. The van der Waals surface area contributed by atoms with E-state index in [0.717, 1.165) is 76.0 Å². The van der Waals surface area contributed by atoms with Crippen molar-refractivity contribution < 1.29 is 62.7 Å². The number of carbonyl (C=O) groups is 7. The van der Waals surface area contributed by atoms with Crippen LogP contribution in [-0.4, -0.2) is 100 Å². The van der Waals surface area contributed by atoms with Crippen molar-refractivity contribution >= 4 is 41.7 Å². The molecule has 2 heterocycles. The number of ether oxygens (including phenoxy) is 4. The van der Waals surface area contributed by atoms with Crippen molar-refractivity contribution in [2.75, 3.05) is 6.61 Å². The van der Waals surface area contributed by atoms with Gasteiger partial charge in [0.1, 0.15) is 12.2 Å². The summed E-state index contributed by atoms with van der Waals surface area (Å²) >= 11 is 0. The molecule has 0 saturated carbocycles. The molecular formula is C35H48N2O13. The van der Waals surface area contributed by atoms with Crippen molar-refractivity contribution in [2.24, 2.45) is 0 Å². The van der Waals surface area contributed by atoms with Crippen molar-refractivity contribution in [2.45, 2.75) is 122 Å². The van der Waals surface area contributed by atoms with Crippen molar-refractivity contribution in [1.82, 2.24) is 10.2 Å². The summed E-state index contributed by atoms with van der Waals surface area (Å²) in [4.78, 5) is 86.6. The molecule has 5 amide bonds. The summed E-state index contributed by atoms with van der Waals surface area (Å²) in [6.07, 6.45) is 4.38. The van der Waals surface area contributed by atoms with Gasteiger partial charge in [0.2, 0.25) is 11.8 Å². The minimum Gasteiger partial charge on any atom is -0.466 e. The van der Waals surface area contributed by atoms with Gasteiger partial charge in [0, 0.05) is 44.9 Å². The number of rotatable bonds is 13. The number of alkyl carbamates (subject to hydrolysis) is 1. The van der Waals surface area contributed by atoms with Gasteiger partial charge >= 0.3 is 18.0 Å². The first kappa shape index (κ1) is 41.7. The zero-order valence-electron chi connectivity index (χ0n) is 28.9. The van der Waals surface area contributed by atoms with Gasteiger partial charge in [0.25, 0.3) is 11.8 Å². The van der Waals surface area contributed by atoms with E-state index in [2.05, 4.69) is 6.92 Å². The lowest BCUT2D eigenvalue weighted by molar-refractivity contribution is -0.157. The van der Waals surface area contributed by atoms with Gasteiger partial charge in [-0.1, -0.05) is 62.5 Å². The Bertz CT molecular complexity index is 1350. The molecule has 2 aliphatic rings. The highest BCUT2D eigenvalue weighted by Crippen LogP contribution is 2.35. The summed E-state index contributed by atoms with van der Waals surface area (Å²) < 4.78 is 21.8. The van der Waals surface area contributed by atoms with E-state index in [4.69, 9.17) is 18.9 Å². The molecular weight excluding hydrogens is 656 g/mol. The number of nitrogens with zero attached hydrogens (tertiary/aromatic N) is 1. The van der Waals surface area contributed by atoms with Gasteiger partial charge in [-0.2, -0.15) is 0 Å². The number of amides is 5. The second kappa shape index (κ2) is 21.6. The van der Waals surface area contributed by atoms with E-state index in [1.165, 1.54) is 6.08 Å². The van der Waals surface area contributed by atoms with Crippen LogP contribution in [0.3, 0.4) is 0 Å². The molecule has 0 spiro atoms. The number of aliphatic hydroxyl groups is 2. The normalized spacial score (nSPS) is 25.2. The van der Waals surface area contributed by atoms with E-state index in [1.54, 1.807) is 6.92 Å². The van der Waals surface area contributed by atoms with Crippen LogP contribution in [0.25, 0.3) is 0 Å². The lowest BCUT2D eigenvalue weighted by atomic mass is 9.99. The third kappa shape index (κ3) is 15.4. The largest absolute Gasteiger partial charge is 0.466 e. The second-order valence-electron chi connectivity index (χ2n) is 12.0. The predicted molar refractivity (Wildman–Crippen MR) is 177 cm³/mol. The number of esters is 2. The first-order valence-corrected chi connectivity index (χ1v) is 16.7. The van der Waals surface area contributed by atoms with E-state index in [-0.39, 0.29) is 38.3 Å². The summed E-state index contributed by atoms with van der Waals surface area (Å²) in [6, 6.07) is 0. The highest BCUT2D eigenvalue weighted by molar-refractivity contribution is 6.16. The Balaban J connectivity index is 2.26. The zero-order valence-corrected chi connectivity index (χ0v) is 28.9. The summed E-state index contributed by atoms with van der Waals surface area (Å²) in [7, 11) is 0. The standard InChI is InChI=1S/C35H48N2O13/c1-5-6-7-8-9-13-30(44)47-20-19-25(40)16-17-26(41)32-34(50-35(46)36-23(3)38)33-27(48-33)18-15-22(2)21-29(43)37(24(4)39)28(42)12-10-11-14-31(45)49-32/h10-12,14,16-17,21,25-27,32-34,40-41H,5-9,13,15,18-20H2,1-4H3,(H,36,38,46)/b12-10+,14-11-,17-16+,22-21-/t25-,26-,27+,32-,33+,34-/m0/s1. The number of fused-ring (bicyclic) bond motifs is 1. The van der Waals surface area contributed by atoms with Gasteiger partial charge in [-0.15, -0.1) is 0 Å². The Labute approximate surface area is 291 Å². The van der Waals surface area contributed by atoms with E-state index >= 15 is 0 Å². The predicted octanol–water partition coefficient (Wildman–Crippen LogP) is 2.63. The molecule has 0 aromatic heterocycles. The Hall–Kier alpha value is -4.47. The van der Waals surface area contributed by atoms with E-state index in [0.29, 0.717) is 16.9 Å². The number of imide groups is 4. The van der Waals surface area contributed by atoms with Gasteiger partial charge in [-0.25, -0.2) is 14.5 Å². The summed E-state index contributed by atoms with van der Waals surface area (Å²) in [5.74, 6) is -4.79. The number of carbonyl (C=O) groups excluding carboxylic acids is 7. The molecule has 15 nitrogen and oxygen atoms in total. The van der Waals surface area contributed by atoms with Crippen molar-refractivity contribution in [3.63, 3.8) is 0 Å². The Morgan fingerprint density at radius 1 is 1.02 bits per heavy atom. The molecule has 15 heteroatoms. The third-order valence-electron chi connectivity index (χ3n) is 7.60. The first-order valence-electron chi connectivity index (χ1n) is 16.7. The number of hydrogen-bond donors (Lipinski definition) is 3. The smallest absolute Gasteiger partial charge is 0.414 e. The molecule has 1 fully saturated rings. The molecule has 3 N–H and O–H groups in total. The van der Waals surface area contributed by atoms with Crippen LogP contribution in [0.1, 0.15) is 85.5 Å². The minimum absolute atomic E-state index is 0.00816. The van der Waals surface area contributed by atoms with Gasteiger partial charge < -0.3 is 29.2 Å². The average molecular weight is 705 g/mol. The van der Waals surface area contributed by atoms with E-state index in [9.17, 15) is 43.8 Å². The minimum atomic E-state index is -1.68. The van der Waals surface area contributed by atoms with Crippen LogP contribution in [0.15, 0.2) is 48.1 Å². The molecule has 50 heavy (non-hydrogen) atoms. The number of allylic oxidation sites excluding steroid dienone is 3. The van der Waals surface area contributed by atoms with Crippen molar-refractivity contribution in [3.05, 3.63) is 48.1 Å². The SMILES string of the molecule is CCCCCCCC(=O)OCC[C@@H](O)/C=C/[C@H](O)[C@@H]1OC(=O)/C=C\C=C\C(=O)N(C(C)=O)C(=O)/C=C(/C)CC[C@H]2O[C@H]2[C@H]1OC(=O)NC(C)=O. The van der Waals surface area contributed by atoms with Gasteiger partial charge in [-0.3, -0.25) is 29.3 Å². The molecule has 0 bridgehead atoms. The highest BCUT2D eigenvalue weighted by Gasteiger charge is 2.52. The number of epoxide rings is 1. The molecule has 0 aromatic carbocycles. The maximum absolute atomic E-state index is 12.9. The number of nitrogens with one attached hydrogen (secondary N) is 1. The summed E-state index contributed by atoms with van der Waals surface area (Å²) in [5, 5.41) is 23.6. The lowest BCUT2D eigenvalue weighted by Gasteiger charge is -2.28. The van der Waals surface area contributed by atoms with E-state index in [1.807, 2.05) is 5.32 Å². The van der Waals surface area contributed by atoms with Gasteiger partial charge in [-0.05, 0) is 26.2 Å². The van der Waals surface area contributed by atoms with Crippen LogP contribution < -0.4 is 5.32 Å². The van der Waals surface area contributed by atoms with Crippen LogP contribution in [-0.2, 0) is 47.7 Å². The third-order valence-corrected chi connectivity index (χ3v) is 7.60. The Morgan fingerprint density at radius 3 is 2.40 bits per heavy atom. The maximum Gasteiger partial charge on any atom is 0.414 e. The van der Waals surface area contributed by atoms with Crippen molar-refractivity contribution in [3.8, 4) is 0 Å². The van der Waals surface area contributed by atoms with Crippen molar-refractivity contribution in [1.29, 1.82) is 0 Å². The van der Waals surface area contributed by atoms with Crippen LogP contribution >= 0.6 is 0 Å². The van der Waals surface area contributed by atoms with Gasteiger partial charge in [0.05, 0.1) is 18.8 Å². The van der Waals surface area contributed by atoms with Crippen LogP contribution in [0, 0.1) is 0 Å². The molecule has 0 aliphatic carbocycles. The maximum atomic E-state index is 12.9. The first-order chi connectivity index (χ1) is 23.7. The van der Waals surface area contributed by atoms with Crippen LogP contribution in [0.2, 0.25) is 0 Å². The molecule has 0 aromatic rings. The van der Waals surface area contributed by atoms with Gasteiger partial charge in [0.15, 0.2) is 12.2 Å². The number of cyclic esters (lactones) is 1. The molecule has 276 valence electrons. The fourth-order valence-corrected chi connectivity index (χ4v) is 4.97. The number of hydrogen-bond acceptors (Lipinski definition) is 13. The van der Waals surface area contributed by atoms with Crippen LogP contribution in [0.4, 0.5) is 4.79 Å². The fourth-order valence-electron chi connectivity index (χ4n) is 4.97. The molecule has 2 aliphatic heterocycles. The fraction of sp³-hybridized carbons (Fsp3) is 0.571. The molecule has 1 saturated heterocycles. The topological polar surface area (TPSA) is 215 Å². The zero-order chi connectivity index (χ0) is 37.2. The monoisotopic (exact) mass is 704 g/mol. The Kier molecular flexibility index (Phi) is 18.0. The Morgan fingerprint density at radius 2 is 1.72 bits per heavy atom. The summed E-state index contributed by atoms with van der Waals surface area (Å²) in [5.41, 5.74) is 0.501. The molecule has 6 atom stereocenters. The van der Waals surface area contributed by atoms with Crippen LogP contribution in [0.5, 0.6) is 0 Å². The molecule has 0 unspecified atom stereocenters. The number of aliphatic hydroxyl groups excluding tert-OH is 2. The molecule has 2 rings (SSSR count). The molecule has 0 radical (unpaired) electrons.